The van der Waals surface area contributed by atoms with Gasteiger partial charge >= 0.3 is 0 Å². The van der Waals surface area contributed by atoms with E-state index in [4.69, 9.17) is 20.8 Å². The van der Waals surface area contributed by atoms with Crippen molar-refractivity contribution in [2.75, 3.05) is 17.2 Å². The van der Waals surface area contributed by atoms with Crippen LogP contribution in [0.2, 0.25) is 5.02 Å². The number of amides is 2. The Morgan fingerprint density at radius 1 is 1.07 bits per heavy atom. The van der Waals surface area contributed by atoms with Crippen LogP contribution >= 0.6 is 11.6 Å². The summed E-state index contributed by atoms with van der Waals surface area (Å²) >= 11 is 5.95. The van der Waals surface area contributed by atoms with Gasteiger partial charge in [-0.2, -0.15) is 0 Å². The fourth-order valence-electron chi connectivity index (χ4n) is 2.33. The predicted molar refractivity (Wildman–Crippen MR) is 103 cm³/mol. The zero-order valence-corrected chi connectivity index (χ0v) is 15.2. The predicted octanol–water partition coefficient (Wildman–Crippen LogP) is 4.51. The molecule has 0 radical (unpaired) electrons. The molecule has 0 aliphatic carbocycles. The van der Waals surface area contributed by atoms with E-state index in [1.165, 1.54) is 6.26 Å². The SMILES string of the molecule is Cc1ccc(Cl)cc1NC(=O)COc1cccc(NC(=O)c2ccco2)c1. The Morgan fingerprint density at radius 2 is 1.93 bits per heavy atom. The van der Waals surface area contributed by atoms with Crippen molar-refractivity contribution in [2.45, 2.75) is 6.92 Å². The number of halogens is 1. The average molecular weight is 385 g/mol. The summed E-state index contributed by atoms with van der Waals surface area (Å²) in [6, 6.07) is 15.2. The lowest BCUT2D eigenvalue weighted by Gasteiger charge is -2.11. The van der Waals surface area contributed by atoms with Gasteiger partial charge in [0.25, 0.3) is 11.8 Å². The monoisotopic (exact) mass is 384 g/mol. The third-order valence-corrected chi connectivity index (χ3v) is 3.92. The Bertz CT molecular complexity index is 954. The largest absolute Gasteiger partial charge is 0.484 e. The molecule has 1 aromatic heterocycles. The van der Waals surface area contributed by atoms with E-state index in [9.17, 15) is 9.59 Å². The van der Waals surface area contributed by atoms with Gasteiger partial charge in [0.2, 0.25) is 0 Å². The molecule has 0 aliphatic rings. The molecule has 0 spiro atoms. The standard InChI is InChI=1S/C20H17ClN2O4/c1-13-7-8-14(21)10-17(13)23-19(24)12-27-16-5-2-4-15(11-16)22-20(25)18-6-3-9-26-18/h2-11H,12H2,1H3,(H,22,25)(H,23,24). The summed E-state index contributed by atoms with van der Waals surface area (Å²) in [6.07, 6.45) is 1.43. The molecule has 3 aromatic rings. The first-order valence-electron chi connectivity index (χ1n) is 8.15. The van der Waals surface area contributed by atoms with Crippen molar-refractivity contribution in [2.24, 2.45) is 0 Å². The highest BCUT2D eigenvalue weighted by Crippen LogP contribution is 2.21. The number of furan rings is 1. The molecule has 7 heteroatoms. The summed E-state index contributed by atoms with van der Waals surface area (Å²) in [5, 5.41) is 5.99. The quantitative estimate of drug-likeness (QED) is 0.655. The second-order valence-corrected chi connectivity index (χ2v) is 6.19. The highest BCUT2D eigenvalue weighted by atomic mass is 35.5. The number of hydrogen-bond donors (Lipinski definition) is 2. The van der Waals surface area contributed by atoms with E-state index >= 15 is 0 Å². The van der Waals surface area contributed by atoms with E-state index in [0.29, 0.717) is 22.1 Å². The number of nitrogens with one attached hydrogen (secondary N) is 2. The molecule has 3 rings (SSSR count). The van der Waals surface area contributed by atoms with Crippen LogP contribution in [0.25, 0.3) is 0 Å². The average Bonchev–Trinajstić information content (AvgIpc) is 3.18. The first-order valence-corrected chi connectivity index (χ1v) is 8.53. The number of carbonyl (C=O) groups is 2. The van der Waals surface area contributed by atoms with E-state index in [1.54, 1.807) is 48.5 Å². The molecule has 0 fully saturated rings. The second kappa shape index (κ2) is 8.42. The van der Waals surface area contributed by atoms with Crippen molar-refractivity contribution < 1.29 is 18.7 Å². The molecule has 27 heavy (non-hydrogen) atoms. The smallest absolute Gasteiger partial charge is 0.291 e. The van der Waals surface area contributed by atoms with Crippen molar-refractivity contribution in [1.29, 1.82) is 0 Å². The normalized spacial score (nSPS) is 10.3. The summed E-state index contributed by atoms with van der Waals surface area (Å²) in [5.74, 6) is -0.0282. The molecular weight excluding hydrogens is 368 g/mol. The number of aryl methyl sites for hydroxylation is 1. The molecular formula is C20H17ClN2O4. The topological polar surface area (TPSA) is 80.6 Å². The number of anilines is 2. The van der Waals surface area contributed by atoms with E-state index in [0.717, 1.165) is 5.56 Å². The zero-order chi connectivity index (χ0) is 19.2. The maximum atomic E-state index is 12.1. The first-order chi connectivity index (χ1) is 13.0. The van der Waals surface area contributed by atoms with Crippen LogP contribution in [0.1, 0.15) is 16.1 Å². The molecule has 0 saturated heterocycles. The molecule has 0 bridgehead atoms. The second-order valence-electron chi connectivity index (χ2n) is 5.76. The lowest BCUT2D eigenvalue weighted by Crippen LogP contribution is -2.20. The van der Waals surface area contributed by atoms with Crippen molar-refractivity contribution >= 4 is 34.8 Å². The van der Waals surface area contributed by atoms with E-state index < -0.39 is 0 Å². The van der Waals surface area contributed by atoms with Crippen LogP contribution in [0.3, 0.4) is 0 Å². The van der Waals surface area contributed by atoms with E-state index in [1.807, 2.05) is 13.0 Å². The fraction of sp³-hybridized carbons (Fsp3) is 0.100. The summed E-state index contributed by atoms with van der Waals surface area (Å²) in [5.41, 5.74) is 2.06. The molecule has 0 aliphatic heterocycles. The molecule has 2 N–H and O–H groups in total. The van der Waals surface area contributed by atoms with Crippen molar-refractivity contribution in [3.8, 4) is 5.75 Å². The highest BCUT2D eigenvalue weighted by Gasteiger charge is 2.10. The van der Waals surface area contributed by atoms with Crippen molar-refractivity contribution in [3.05, 3.63) is 77.2 Å². The lowest BCUT2D eigenvalue weighted by molar-refractivity contribution is -0.118. The number of ether oxygens (including phenoxy) is 1. The Hall–Kier alpha value is -3.25. The van der Waals surface area contributed by atoms with Gasteiger partial charge in [0.05, 0.1) is 6.26 Å². The number of hydrogen-bond acceptors (Lipinski definition) is 4. The van der Waals surface area contributed by atoms with Gasteiger partial charge in [0, 0.05) is 22.5 Å². The van der Waals surface area contributed by atoms with Gasteiger partial charge in [-0.3, -0.25) is 9.59 Å². The Kier molecular flexibility index (Phi) is 5.78. The molecule has 138 valence electrons. The van der Waals surface area contributed by atoms with Crippen LogP contribution in [0.15, 0.2) is 65.3 Å². The van der Waals surface area contributed by atoms with E-state index in [2.05, 4.69) is 10.6 Å². The summed E-state index contributed by atoms with van der Waals surface area (Å²) < 4.78 is 10.5. The van der Waals surface area contributed by atoms with Crippen LogP contribution in [-0.2, 0) is 4.79 Å². The van der Waals surface area contributed by atoms with Gasteiger partial charge in [-0.15, -0.1) is 0 Å². The van der Waals surface area contributed by atoms with Gasteiger partial charge < -0.3 is 19.8 Å². The van der Waals surface area contributed by atoms with Gasteiger partial charge in [-0.05, 0) is 48.9 Å². The Labute approximate surface area is 161 Å². The van der Waals surface area contributed by atoms with Crippen molar-refractivity contribution in [3.63, 3.8) is 0 Å². The summed E-state index contributed by atoms with van der Waals surface area (Å²) in [4.78, 5) is 24.1. The van der Waals surface area contributed by atoms with Gasteiger partial charge in [0.1, 0.15) is 5.75 Å². The molecule has 1 heterocycles. The molecule has 0 saturated carbocycles. The van der Waals surface area contributed by atoms with Crippen LogP contribution in [0, 0.1) is 6.92 Å². The molecule has 0 unspecified atom stereocenters. The third kappa shape index (κ3) is 5.12. The molecule has 0 atom stereocenters. The Balaban J connectivity index is 1.57. The number of rotatable bonds is 6. The zero-order valence-electron chi connectivity index (χ0n) is 14.5. The van der Waals surface area contributed by atoms with E-state index in [-0.39, 0.29) is 24.2 Å². The Morgan fingerprint density at radius 3 is 2.70 bits per heavy atom. The van der Waals surface area contributed by atoms with Crippen LogP contribution in [-0.4, -0.2) is 18.4 Å². The minimum Gasteiger partial charge on any atom is -0.484 e. The van der Waals surface area contributed by atoms with Crippen LogP contribution in [0.4, 0.5) is 11.4 Å². The minimum atomic E-state index is -0.369. The van der Waals surface area contributed by atoms with Crippen LogP contribution < -0.4 is 15.4 Å². The number of benzene rings is 2. The third-order valence-electron chi connectivity index (χ3n) is 3.68. The maximum Gasteiger partial charge on any atom is 0.291 e. The lowest BCUT2D eigenvalue weighted by atomic mass is 10.2. The van der Waals surface area contributed by atoms with Gasteiger partial charge in [-0.1, -0.05) is 23.7 Å². The minimum absolute atomic E-state index is 0.179. The first kappa shape index (κ1) is 18.5. The summed E-state index contributed by atoms with van der Waals surface area (Å²) in [6.45, 7) is 1.69. The highest BCUT2D eigenvalue weighted by molar-refractivity contribution is 6.31. The maximum absolute atomic E-state index is 12.1. The molecule has 2 aromatic carbocycles. The van der Waals surface area contributed by atoms with Gasteiger partial charge in [0.15, 0.2) is 12.4 Å². The molecule has 2 amide bonds. The van der Waals surface area contributed by atoms with Crippen molar-refractivity contribution in [1.82, 2.24) is 0 Å². The summed E-state index contributed by atoms with van der Waals surface area (Å²) in [7, 11) is 0. The fourth-order valence-corrected chi connectivity index (χ4v) is 2.50. The number of carbonyl (C=O) groups excluding carboxylic acids is 2. The molecule has 6 nitrogen and oxygen atoms in total. The van der Waals surface area contributed by atoms with Gasteiger partial charge in [-0.25, -0.2) is 0 Å². The van der Waals surface area contributed by atoms with Crippen LogP contribution in [0.5, 0.6) is 5.75 Å².